The van der Waals surface area contributed by atoms with E-state index in [-0.39, 0.29) is 84.7 Å². The molecule has 0 saturated heterocycles. The molecule has 0 aromatic heterocycles. The second kappa shape index (κ2) is 18.8. The zero-order valence-electron chi connectivity index (χ0n) is 8.68. The zero-order chi connectivity index (χ0) is 10.1. The van der Waals surface area contributed by atoms with E-state index < -0.39 is 0 Å². The molecule has 0 spiro atoms. The molecular formula is C11H21ClNa2O2. The summed E-state index contributed by atoms with van der Waals surface area (Å²) < 4.78 is 0. The van der Waals surface area contributed by atoms with E-state index in [9.17, 15) is 0 Å². The molecule has 0 atom stereocenters. The molecule has 2 nitrogen and oxygen atoms in total. The van der Waals surface area contributed by atoms with Crippen LogP contribution in [-0.2, 0) is 0 Å². The summed E-state index contributed by atoms with van der Waals surface area (Å²) in [6.07, 6.45) is 0. The average Bonchev–Trinajstić information content (AvgIpc) is 2.19. The first-order chi connectivity index (χ1) is 6.22. The molecule has 86 valence electrons. The SMILES string of the molecule is CC(C)c1ccccc1.Cl.OCCO.[NaH].[NaH]. The maximum absolute atomic E-state index is 7.62. The third kappa shape index (κ3) is 15.4. The van der Waals surface area contributed by atoms with Gasteiger partial charge in [0.2, 0.25) is 0 Å². The predicted octanol–water partition coefficient (Wildman–Crippen LogP) is 0.906. The Labute approximate surface area is 149 Å². The van der Waals surface area contributed by atoms with Crippen LogP contribution in [0.15, 0.2) is 30.3 Å². The molecule has 0 aliphatic carbocycles. The summed E-state index contributed by atoms with van der Waals surface area (Å²) in [6, 6.07) is 10.5. The Morgan fingerprint density at radius 3 is 1.50 bits per heavy atom. The molecule has 0 aliphatic rings. The van der Waals surface area contributed by atoms with Gasteiger partial charge in [-0.05, 0) is 11.5 Å². The molecule has 2 N–H and O–H groups in total. The van der Waals surface area contributed by atoms with E-state index in [2.05, 4.69) is 38.1 Å². The Balaban J connectivity index is -0.0000000921. The van der Waals surface area contributed by atoms with Crippen molar-refractivity contribution in [2.45, 2.75) is 19.8 Å². The van der Waals surface area contributed by atoms with Crippen LogP contribution in [0.1, 0.15) is 25.3 Å². The van der Waals surface area contributed by atoms with Crippen LogP contribution in [0, 0.1) is 0 Å². The van der Waals surface area contributed by atoms with Gasteiger partial charge in [-0.1, -0.05) is 44.2 Å². The van der Waals surface area contributed by atoms with Gasteiger partial charge < -0.3 is 10.2 Å². The Bertz CT molecular complexity index is 206. The molecule has 0 amide bonds. The number of benzene rings is 1. The topological polar surface area (TPSA) is 40.5 Å². The van der Waals surface area contributed by atoms with Crippen LogP contribution in [0.4, 0.5) is 0 Å². The molecule has 0 radical (unpaired) electrons. The maximum atomic E-state index is 7.62. The molecule has 1 aromatic carbocycles. The molecule has 0 heterocycles. The minimum absolute atomic E-state index is 0. The second-order valence-electron chi connectivity index (χ2n) is 3.01. The molecule has 5 heteroatoms. The van der Waals surface area contributed by atoms with Crippen molar-refractivity contribution >= 4 is 71.5 Å². The van der Waals surface area contributed by atoms with E-state index >= 15 is 0 Å². The summed E-state index contributed by atoms with van der Waals surface area (Å²) in [5.74, 6) is 0.659. The zero-order valence-corrected chi connectivity index (χ0v) is 9.50. The fourth-order valence-corrected chi connectivity index (χ4v) is 0.838. The summed E-state index contributed by atoms with van der Waals surface area (Å²) >= 11 is 0. The molecule has 0 unspecified atom stereocenters. The first kappa shape index (κ1) is 26.1. The van der Waals surface area contributed by atoms with Crippen molar-refractivity contribution in [3.8, 4) is 0 Å². The van der Waals surface area contributed by atoms with Crippen LogP contribution in [0.2, 0.25) is 0 Å². The normalized spacial score (nSPS) is 7.56. The quantitative estimate of drug-likeness (QED) is 0.781. The van der Waals surface area contributed by atoms with Crippen molar-refractivity contribution in [3.63, 3.8) is 0 Å². The molecule has 0 bridgehead atoms. The molecule has 1 aromatic rings. The Morgan fingerprint density at radius 1 is 0.938 bits per heavy atom. The van der Waals surface area contributed by atoms with Gasteiger partial charge in [-0.25, -0.2) is 0 Å². The summed E-state index contributed by atoms with van der Waals surface area (Å²) in [7, 11) is 0. The Hall–Kier alpha value is 1.43. The minimum atomic E-state index is -0.125. The van der Waals surface area contributed by atoms with Gasteiger partial charge >= 0.3 is 59.1 Å². The third-order valence-corrected chi connectivity index (χ3v) is 1.57. The van der Waals surface area contributed by atoms with Gasteiger partial charge in [-0.3, -0.25) is 0 Å². The van der Waals surface area contributed by atoms with Gasteiger partial charge in [-0.2, -0.15) is 0 Å². The van der Waals surface area contributed by atoms with Gasteiger partial charge in [0.25, 0.3) is 0 Å². The number of hydrogen-bond acceptors (Lipinski definition) is 2. The number of hydrogen-bond donors (Lipinski definition) is 2. The number of aliphatic hydroxyl groups is 2. The number of aliphatic hydroxyl groups excluding tert-OH is 2. The average molecular weight is 267 g/mol. The van der Waals surface area contributed by atoms with Crippen LogP contribution in [-0.4, -0.2) is 82.5 Å². The first-order valence-electron chi connectivity index (χ1n) is 4.49. The van der Waals surface area contributed by atoms with Gasteiger partial charge in [0, 0.05) is 0 Å². The molecule has 1 rings (SSSR count). The third-order valence-electron chi connectivity index (χ3n) is 1.57. The predicted molar refractivity (Wildman–Crippen MR) is 76.2 cm³/mol. The monoisotopic (exact) mass is 266 g/mol. The van der Waals surface area contributed by atoms with Crippen molar-refractivity contribution in [1.29, 1.82) is 0 Å². The van der Waals surface area contributed by atoms with E-state index in [1.165, 1.54) is 5.56 Å². The number of rotatable bonds is 2. The molecular weight excluding hydrogens is 246 g/mol. The molecule has 0 fully saturated rings. The standard InChI is InChI=1S/C9H12.C2H6O2.ClH.2Na.2H/c1-8(2)9-6-4-3-5-7-9;3-1-2-4;;;;;/h3-8H,1-2H3;3-4H,1-2H2;1H;;;;. The van der Waals surface area contributed by atoms with E-state index in [0.29, 0.717) is 5.92 Å². The van der Waals surface area contributed by atoms with Gasteiger partial charge in [0.15, 0.2) is 0 Å². The Morgan fingerprint density at radius 2 is 1.31 bits per heavy atom. The van der Waals surface area contributed by atoms with Crippen LogP contribution in [0.25, 0.3) is 0 Å². The summed E-state index contributed by atoms with van der Waals surface area (Å²) in [4.78, 5) is 0. The van der Waals surface area contributed by atoms with Crippen molar-refractivity contribution < 1.29 is 10.2 Å². The van der Waals surface area contributed by atoms with Gasteiger partial charge in [0.1, 0.15) is 0 Å². The summed E-state index contributed by atoms with van der Waals surface area (Å²) in [5, 5.41) is 15.2. The van der Waals surface area contributed by atoms with Crippen molar-refractivity contribution in [1.82, 2.24) is 0 Å². The molecule has 0 aliphatic heterocycles. The summed E-state index contributed by atoms with van der Waals surface area (Å²) in [5.41, 5.74) is 1.41. The van der Waals surface area contributed by atoms with Crippen molar-refractivity contribution in [3.05, 3.63) is 35.9 Å². The van der Waals surface area contributed by atoms with Crippen LogP contribution >= 0.6 is 12.4 Å². The fraction of sp³-hybridized carbons (Fsp3) is 0.455. The second-order valence-corrected chi connectivity index (χ2v) is 3.01. The van der Waals surface area contributed by atoms with Gasteiger partial charge in [-0.15, -0.1) is 12.4 Å². The molecule has 0 saturated carbocycles. The number of halogens is 1. The first-order valence-corrected chi connectivity index (χ1v) is 4.49. The van der Waals surface area contributed by atoms with Crippen LogP contribution in [0.5, 0.6) is 0 Å². The molecule has 16 heavy (non-hydrogen) atoms. The fourth-order valence-electron chi connectivity index (χ4n) is 0.838. The van der Waals surface area contributed by atoms with Crippen LogP contribution < -0.4 is 0 Å². The van der Waals surface area contributed by atoms with E-state index in [0.717, 1.165) is 0 Å². The van der Waals surface area contributed by atoms with Crippen LogP contribution in [0.3, 0.4) is 0 Å². The summed E-state index contributed by atoms with van der Waals surface area (Å²) in [6.45, 7) is 4.16. The van der Waals surface area contributed by atoms with Gasteiger partial charge in [0.05, 0.1) is 13.2 Å². The van der Waals surface area contributed by atoms with E-state index in [4.69, 9.17) is 10.2 Å². The van der Waals surface area contributed by atoms with E-state index in [1.54, 1.807) is 0 Å². The van der Waals surface area contributed by atoms with Crippen molar-refractivity contribution in [2.75, 3.05) is 13.2 Å². The van der Waals surface area contributed by atoms with E-state index in [1.807, 2.05) is 6.07 Å². The Kier molecular flexibility index (Phi) is 30.6. The van der Waals surface area contributed by atoms with Crippen molar-refractivity contribution in [2.24, 2.45) is 0 Å².